The molecule has 0 aromatic heterocycles. The molecule has 0 saturated carbocycles. The van der Waals surface area contributed by atoms with E-state index in [1.807, 2.05) is 0 Å². The molecule has 1 aromatic rings. The second-order valence-corrected chi connectivity index (χ2v) is 3.96. The summed E-state index contributed by atoms with van der Waals surface area (Å²) in [6.45, 7) is 1.75. The van der Waals surface area contributed by atoms with Crippen molar-refractivity contribution in [3.8, 4) is 0 Å². The summed E-state index contributed by atoms with van der Waals surface area (Å²) in [4.78, 5) is 37.9. The maximum Gasteiger partial charge on any atom is 0.349 e. The van der Waals surface area contributed by atoms with Gasteiger partial charge in [-0.3, -0.25) is 14.9 Å². The van der Waals surface area contributed by atoms with Crippen molar-refractivity contribution in [3.05, 3.63) is 34.9 Å². The highest BCUT2D eigenvalue weighted by Gasteiger charge is 2.29. The van der Waals surface area contributed by atoms with E-state index in [-0.39, 0.29) is 11.1 Å². The predicted octanol–water partition coefficient (Wildman–Crippen LogP) is 1.08. The summed E-state index contributed by atoms with van der Waals surface area (Å²) in [5.74, 6) is -2.38. The molecule has 0 saturated heterocycles. The van der Waals surface area contributed by atoms with E-state index in [0.29, 0.717) is 12.0 Å². The average molecular weight is 249 g/mol. The number of carbonyl (C=O) groups is 3. The molecule has 2 amide bonds. The van der Waals surface area contributed by atoms with E-state index in [1.165, 1.54) is 12.1 Å². The second kappa shape index (κ2) is 4.58. The molecule has 1 atom stereocenters. The van der Waals surface area contributed by atoms with Gasteiger partial charge < -0.3 is 4.89 Å². The Balaban J connectivity index is 2.43. The Morgan fingerprint density at radius 2 is 2.00 bits per heavy atom. The number of nitrogens with one attached hydrogen (secondary N) is 1. The molecule has 1 aliphatic heterocycles. The molecule has 1 aliphatic rings. The number of carbonyl (C=O) groups excluding carboxylic acids is 3. The SMILES string of the molecule is CCC(C(=O)OO)c1ccc2c(c1)C(=O)NC2=O. The van der Waals surface area contributed by atoms with E-state index in [1.54, 1.807) is 13.0 Å². The normalized spacial score (nSPS) is 15.0. The zero-order valence-electron chi connectivity index (χ0n) is 9.60. The third kappa shape index (κ3) is 1.86. The molecule has 0 fully saturated rings. The standard InChI is InChI=1S/C12H11NO5/c1-2-7(12(16)18-17)6-3-4-8-9(5-6)11(15)13-10(8)14/h3-5,7,17H,2H2,1H3,(H,13,14,15). The first-order valence-electron chi connectivity index (χ1n) is 5.43. The van der Waals surface area contributed by atoms with E-state index in [9.17, 15) is 14.4 Å². The topological polar surface area (TPSA) is 92.7 Å². The van der Waals surface area contributed by atoms with Gasteiger partial charge >= 0.3 is 5.97 Å². The molecule has 0 aliphatic carbocycles. The minimum absolute atomic E-state index is 0.238. The minimum atomic E-state index is -0.790. The molecule has 94 valence electrons. The number of hydrogen-bond acceptors (Lipinski definition) is 5. The van der Waals surface area contributed by atoms with Gasteiger partial charge in [-0.25, -0.2) is 4.79 Å². The number of rotatable bonds is 3. The Bertz CT molecular complexity index is 537. The van der Waals surface area contributed by atoms with Gasteiger partial charge in [0.25, 0.3) is 11.8 Å². The molecule has 0 bridgehead atoms. The largest absolute Gasteiger partial charge is 0.349 e. The van der Waals surface area contributed by atoms with Crippen LogP contribution in [0.2, 0.25) is 0 Å². The summed E-state index contributed by atoms with van der Waals surface area (Å²) in [6.07, 6.45) is 0.410. The molecule has 0 radical (unpaired) electrons. The molecule has 18 heavy (non-hydrogen) atoms. The fourth-order valence-corrected chi connectivity index (χ4v) is 2.00. The molecule has 0 spiro atoms. The molecular formula is C12H11NO5. The van der Waals surface area contributed by atoms with E-state index in [0.717, 1.165) is 0 Å². The predicted molar refractivity (Wildman–Crippen MR) is 60.0 cm³/mol. The molecular weight excluding hydrogens is 238 g/mol. The van der Waals surface area contributed by atoms with Crippen LogP contribution in [0, 0.1) is 0 Å². The van der Waals surface area contributed by atoms with Crippen LogP contribution in [0.15, 0.2) is 18.2 Å². The van der Waals surface area contributed by atoms with Crippen molar-refractivity contribution in [1.82, 2.24) is 5.32 Å². The van der Waals surface area contributed by atoms with Gasteiger partial charge in [-0.1, -0.05) is 13.0 Å². The van der Waals surface area contributed by atoms with Crippen LogP contribution < -0.4 is 5.32 Å². The summed E-state index contributed by atoms with van der Waals surface area (Å²) >= 11 is 0. The van der Waals surface area contributed by atoms with Gasteiger partial charge in [0.05, 0.1) is 17.0 Å². The summed E-state index contributed by atoms with van der Waals surface area (Å²) in [6, 6.07) is 4.53. The van der Waals surface area contributed by atoms with Crippen molar-refractivity contribution >= 4 is 17.8 Å². The molecule has 2 rings (SSSR count). The fraction of sp³-hybridized carbons (Fsp3) is 0.250. The van der Waals surface area contributed by atoms with Crippen molar-refractivity contribution in [3.63, 3.8) is 0 Å². The van der Waals surface area contributed by atoms with Crippen LogP contribution in [-0.2, 0) is 9.68 Å². The third-order valence-corrected chi connectivity index (χ3v) is 2.95. The van der Waals surface area contributed by atoms with Crippen molar-refractivity contribution in [2.75, 3.05) is 0 Å². The molecule has 2 N–H and O–H groups in total. The van der Waals surface area contributed by atoms with Gasteiger partial charge in [0.2, 0.25) is 0 Å². The average Bonchev–Trinajstić information content (AvgIpc) is 2.65. The number of fused-ring (bicyclic) bond motifs is 1. The zero-order chi connectivity index (χ0) is 13.3. The smallest absolute Gasteiger partial charge is 0.300 e. The summed E-state index contributed by atoms with van der Waals surface area (Å²) in [7, 11) is 0. The van der Waals surface area contributed by atoms with Gasteiger partial charge in [-0.2, -0.15) is 5.26 Å². The lowest BCUT2D eigenvalue weighted by molar-refractivity contribution is -0.236. The van der Waals surface area contributed by atoms with Crippen molar-refractivity contribution < 1.29 is 24.5 Å². The highest BCUT2D eigenvalue weighted by molar-refractivity contribution is 6.21. The lowest BCUT2D eigenvalue weighted by Crippen LogP contribution is -2.19. The van der Waals surface area contributed by atoms with Crippen molar-refractivity contribution in [2.45, 2.75) is 19.3 Å². The fourth-order valence-electron chi connectivity index (χ4n) is 2.00. The Hall–Kier alpha value is -2.21. The van der Waals surface area contributed by atoms with Crippen LogP contribution in [-0.4, -0.2) is 23.0 Å². The zero-order valence-corrected chi connectivity index (χ0v) is 9.60. The third-order valence-electron chi connectivity index (χ3n) is 2.95. The maximum absolute atomic E-state index is 11.5. The summed E-state index contributed by atoms with van der Waals surface area (Å²) < 4.78 is 0. The molecule has 1 unspecified atom stereocenters. The van der Waals surface area contributed by atoms with Gasteiger partial charge in [0, 0.05) is 0 Å². The maximum atomic E-state index is 11.5. The van der Waals surface area contributed by atoms with Gasteiger partial charge in [-0.15, -0.1) is 0 Å². The number of imide groups is 1. The molecule has 6 nitrogen and oxygen atoms in total. The first-order valence-corrected chi connectivity index (χ1v) is 5.43. The van der Waals surface area contributed by atoms with Crippen LogP contribution in [0.25, 0.3) is 0 Å². The van der Waals surface area contributed by atoms with Crippen LogP contribution in [0.3, 0.4) is 0 Å². The van der Waals surface area contributed by atoms with Crippen molar-refractivity contribution in [2.24, 2.45) is 0 Å². The van der Waals surface area contributed by atoms with E-state index in [2.05, 4.69) is 10.2 Å². The Kier molecular flexibility index (Phi) is 3.12. The van der Waals surface area contributed by atoms with Crippen LogP contribution in [0.1, 0.15) is 45.5 Å². The minimum Gasteiger partial charge on any atom is -0.300 e. The molecule has 1 heterocycles. The second-order valence-electron chi connectivity index (χ2n) is 3.96. The van der Waals surface area contributed by atoms with Crippen LogP contribution in [0.5, 0.6) is 0 Å². The highest BCUT2D eigenvalue weighted by Crippen LogP contribution is 2.25. The van der Waals surface area contributed by atoms with Gasteiger partial charge in [0.1, 0.15) is 0 Å². The Morgan fingerprint density at radius 3 is 2.61 bits per heavy atom. The van der Waals surface area contributed by atoms with Gasteiger partial charge in [0.15, 0.2) is 0 Å². The quantitative estimate of drug-likeness (QED) is 0.475. The van der Waals surface area contributed by atoms with Crippen LogP contribution >= 0.6 is 0 Å². The summed E-state index contributed by atoms with van der Waals surface area (Å²) in [5.41, 5.74) is 1.05. The van der Waals surface area contributed by atoms with Crippen molar-refractivity contribution in [1.29, 1.82) is 0 Å². The van der Waals surface area contributed by atoms with E-state index in [4.69, 9.17) is 5.26 Å². The molecule has 6 heteroatoms. The van der Waals surface area contributed by atoms with Gasteiger partial charge in [-0.05, 0) is 24.1 Å². The summed E-state index contributed by atoms with van der Waals surface area (Å²) in [5, 5.41) is 10.6. The number of benzene rings is 1. The lowest BCUT2D eigenvalue weighted by Gasteiger charge is -2.11. The van der Waals surface area contributed by atoms with E-state index < -0.39 is 23.7 Å². The first-order chi connectivity index (χ1) is 8.58. The number of amides is 2. The Morgan fingerprint density at radius 1 is 1.33 bits per heavy atom. The first kappa shape index (κ1) is 12.3. The van der Waals surface area contributed by atoms with Crippen LogP contribution in [0.4, 0.5) is 0 Å². The molecule has 1 aromatic carbocycles. The number of hydrogen-bond donors (Lipinski definition) is 2. The van der Waals surface area contributed by atoms with E-state index >= 15 is 0 Å². The monoisotopic (exact) mass is 249 g/mol. The Labute approximate surface area is 102 Å². The lowest BCUT2D eigenvalue weighted by atomic mass is 9.93. The highest BCUT2D eigenvalue weighted by atomic mass is 17.1.